The quantitative estimate of drug-likeness (QED) is 0.471. The smallest absolute Gasteiger partial charge is 0.334 e. The third-order valence-electron chi connectivity index (χ3n) is 2.56. The average molecular weight is 268 g/mol. The van der Waals surface area contributed by atoms with Crippen LogP contribution in [0, 0.1) is 0 Å². The van der Waals surface area contributed by atoms with Crippen molar-refractivity contribution in [1.29, 1.82) is 0 Å². The van der Waals surface area contributed by atoms with Crippen LogP contribution in [0.3, 0.4) is 0 Å². The van der Waals surface area contributed by atoms with Crippen LogP contribution in [-0.2, 0) is 9.53 Å². The van der Waals surface area contributed by atoms with E-state index in [2.05, 4.69) is 0 Å². The maximum Gasteiger partial charge on any atom is 0.334 e. The van der Waals surface area contributed by atoms with Crippen LogP contribution in [0.1, 0.15) is 12.5 Å². The van der Waals surface area contributed by atoms with Gasteiger partial charge in [-0.15, -0.1) is 0 Å². The fraction of sp³-hybridized carbons (Fsp3) is 0.118. The number of hydrogen-bond acceptors (Lipinski definition) is 3. The van der Waals surface area contributed by atoms with Crippen LogP contribution in [0.15, 0.2) is 66.7 Å². The molecule has 102 valence electrons. The lowest BCUT2D eigenvalue weighted by atomic mass is 10.2. The van der Waals surface area contributed by atoms with Crippen LogP contribution in [0.25, 0.3) is 5.76 Å². The van der Waals surface area contributed by atoms with Gasteiger partial charge in [-0.1, -0.05) is 48.5 Å². The van der Waals surface area contributed by atoms with E-state index >= 15 is 0 Å². The van der Waals surface area contributed by atoms with Crippen LogP contribution in [0.2, 0.25) is 0 Å². The summed E-state index contributed by atoms with van der Waals surface area (Å²) in [6, 6.07) is 18.8. The second-order valence-electron chi connectivity index (χ2n) is 4.04. The predicted octanol–water partition coefficient (Wildman–Crippen LogP) is 3.67. The number of benzene rings is 2. The van der Waals surface area contributed by atoms with Gasteiger partial charge in [0.15, 0.2) is 0 Å². The number of esters is 1. The largest absolute Gasteiger partial charge is 0.463 e. The summed E-state index contributed by atoms with van der Waals surface area (Å²) < 4.78 is 10.7. The lowest BCUT2D eigenvalue weighted by molar-refractivity contribution is -0.137. The Bertz CT molecular complexity index is 574. The Balaban J connectivity index is 2.27. The molecule has 0 saturated carbocycles. The van der Waals surface area contributed by atoms with Crippen molar-refractivity contribution in [3.8, 4) is 5.75 Å². The van der Waals surface area contributed by atoms with Crippen molar-refractivity contribution in [2.45, 2.75) is 6.92 Å². The number of carbonyl (C=O) groups is 1. The normalized spacial score (nSPS) is 10.9. The first-order chi connectivity index (χ1) is 9.79. The molecule has 0 spiro atoms. The molecule has 20 heavy (non-hydrogen) atoms. The Morgan fingerprint density at radius 1 is 1.00 bits per heavy atom. The summed E-state index contributed by atoms with van der Waals surface area (Å²) >= 11 is 0. The zero-order valence-electron chi connectivity index (χ0n) is 11.3. The third-order valence-corrected chi connectivity index (χ3v) is 2.56. The molecule has 0 bridgehead atoms. The van der Waals surface area contributed by atoms with Crippen molar-refractivity contribution in [1.82, 2.24) is 0 Å². The van der Waals surface area contributed by atoms with Gasteiger partial charge < -0.3 is 9.47 Å². The highest BCUT2D eigenvalue weighted by Crippen LogP contribution is 2.20. The van der Waals surface area contributed by atoms with Crippen molar-refractivity contribution in [3.63, 3.8) is 0 Å². The highest BCUT2D eigenvalue weighted by molar-refractivity contribution is 5.90. The number of hydrogen-bond donors (Lipinski definition) is 0. The van der Waals surface area contributed by atoms with Gasteiger partial charge in [-0.25, -0.2) is 4.79 Å². The molecular formula is C17H16O3. The number of ether oxygens (including phenoxy) is 2. The maximum atomic E-state index is 11.6. The molecule has 0 aliphatic carbocycles. The summed E-state index contributed by atoms with van der Waals surface area (Å²) in [5, 5.41) is 0. The van der Waals surface area contributed by atoms with Gasteiger partial charge in [0.1, 0.15) is 11.5 Å². The van der Waals surface area contributed by atoms with Crippen molar-refractivity contribution in [3.05, 3.63) is 72.3 Å². The van der Waals surface area contributed by atoms with Gasteiger partial charge in [0.05, 0.1) is 12.7 Å². The molecule has 0 fully saturated rings. The molecule has 3 heteroatoms. The maximum absolute atomic E-state index is 11.6. The highest BCUT2D eigenvalue weighted by atomic mass is 16.5. The van der Waals surface area contributed by atoms with Crippen LogP contribution >= 0.6 is 0 Å². The van der Waals surface area contributed by atoms with Gasteiger partial charge in [0, 0.05) is 5.56 Å². The molecule has 0 aromatic heterocycles. The van der Waals surface area contributed by atoms with E-state index in [0.29, 0.717) is 18.1 Å². The van der Waals surface area contributed by atoms with Crippen LogP contribution < -0.4 is 4.74 Å². The Morgan fingerprint density at radius 3 is 2.20 bits per heavy atom. The molecule has 2 rings (SSSR count). The molecule has 0 aliphatic heterocycles. The molecule has 0 heterocycles. The van der Waals surface area contributed by atoms with E-state index in [1.165, 1.54) is 6.08 Å². The molecule has 2 aromatic rings. The highest BCUT2D eigenvalue weighted by Gasteiger charge is 2.08. The van der Waals surface area contributed by atoms with Crippen LogP contribution in [-0.4, -0.2) is 12.6 Å². The summed E-state index contributed by atoms with van der Waals surface area (Å²) in [5.41, 5.74) is 0.824. The molecule has 0 atom stereocenters. The van der Waals surface area contributed by atoms with Gasteiger partial charge in [-0.05, 0) is 19.1 Å². The van der Waals surface area contributed by atoms with E-state index in [0.717, 1.165) is 5.56 Å². The number of rotatable bonds is 5. The van der Waals surface area contributed by atoms with E-state index in [4.69, 9.17) is 9.47 Å². The van der Waals surface area contributed by atoms with Crippen molar-refractivity contribution in [2.75, 3.05) is 6.61 Å². The van der Waals surface area contributed by atoms with Gasteiger partial charge >= 0.3 is 5.97 Å². The molecule has 0 saturated heterocycles. The molecular weight excluding hydrogens is 252 g/mol. The molecule has 0 radical (unpaired) electrons. The zero-order valence-corrected chi connectivity index (χ0v) is 11.3. The molecule has 0 amide bonds. The summed E-state index contributed by atoms with van der Waals surface area (Å²) in [6.07, 6.45) is 1.37. The summed E-state index contributed by atoms with van der Waals surface area (Å²) in [6.45, 7) is 2.11. The summed E-state index contributed by atoms with van der Waals surface area (Å²) in [5.74, 6) is 0.726. The van der Waals surface area contributed by atoms with E-state index in [1.807, 2.05) is 60.7 Å². The SMILES string of the molecule is CCOC(=O)C=C(Oc1ccccc1)c1ccccc1. The average Bonchev–Trinajstić information content (AvgIpc) is 2.49. The molecule has 0 aliphatic rings. The van der Waals surface area contributed by atoms with Crippen molar-refractivity contribution >= 4 is 11.7 Å². The van der Waals surface area contributed by atoms with E-state index < -0.39 is 5.97 Å². The number of carbonyl (C=O) groups excluding carboxylic acids is 1. The molecule has 0 unspecified atom stereocenters. The van der Waals surface area contributed by atoms with Crippen LogP contribution in [0.4, 0.5) is 0 Å². The Morgan fingerprint density at radius 2 is 1.60 bits per heavy atom. The monoisotopic (exact) mass is 268 g/mol. The lowest BCUT2D eigenvalue weighted by Gasteiger charge is -2.10. The van der Waals surface area contributed by atoms with Crippen molar-refractivity contribution in [2.24, 2.45) is 0 Å². The number of para-hydroxylation sites is 1. The Kier molecular flexibility index (Phi) is 4.95. The second-order valence-corrected chi connectivity index (χ2v) is 4.04. The van der Waals surface area contributed by atoms with E-state index in [9.17, 15) is 4.79 Å². The minimum Gasteiger partial charge on any atom is -0.463 e. The molecule has 2 aromatic carbocycles. The fourth-order valence-corrected chi connectivity index (χ4v) is 1.68. The van der Waals surface area contributed by atoms with Gasteiger partial charge in [-0.3, -0.25) is 0 Å². The lowest BCUT2D eigenvalue weighted by Crippen LogP contribution is -2.04. The summed E-state index contributed by atoms with van der Waals surface area (Å²) in [4.78, 5) is 11.6. The Labute approximate surface area is 118 Å². The first kappa shape index (κ1) is 13.9. The Hall–Kier alpha value is -2.55. The summed E-state index contributed by atoms with van der Waals surface area (Å²) in [7, 11) is 0. The first-order valence-electron chi connectivity index (χ1n) is 6.46. The van der Waals surface area contributed by atoms with Gasteiger partial charge in [0.2, 0.25) is 0 Å². The van der Waals surface area contributed by atoms with Crippen LogP contribution in [0.5, 0.6) is 5.75 Å². The van der Waals surface area contributed by atoms with Crippen molar-refractivity contribution < 1.29 is 14.3 Å². The molecule has 0 N–H and O–H groups in total. The third kappa shape index (κ3) is 3.99. The zero-order chi connectivity index (χ0) is 14.2. The molecule has 3 nitrogen and oxygen atoms in total. The van der Waals surface area contributed by atoms with E-state index in [-0.39, 0.29) is 0 Å². The minimum atomic E-state index is -0.415. The van der Waals surface area contributed by atoms with Gasteiger partial charge in [0.25, 0.3) is 0 Å². The first-order valence-corrected chi connectivity index (χ1v) is 6.46. The standard InChI is InChI=1S/C17H16O3/c1-2-19-17(18)13-16(14-9-5-3-6-10-14)20-15-11-7-4-8-12-15/h3-13H,2H2,1H3. The second kappa shape index (κ2) is 7.14. The topological polar surface area (TPSA) is 35.5 Å². The fourth-order valence-electron chi connectivity index (χ4n) is 1.68. The minimum absolute atomic E-state index is 0.336. The van der Waals surface area contributed by atoms with E-state index in [1.54, 1.807) is 6.92 Å². The predicted molar refractivity (Wildman–Crippen MR) is 78.1 cm³/mol. The van der Waals surface area contributed by atoms with Gasteiger partial charge in [-0.2, -0.15) is 0 Å².